The molecule has 0 heterocycles. The highest BCUT2D eigenvalue weighted by molar-refractivity contribution is 5.86. The molecule has 0 aliphatic heterocycles. The van der Waals surface area contributed by atoms with Gasteiger partial charge >= 0.3 is 5.97 Å². The van der Waals surface area contributed by atoms with Gasteiger partial charge in [0.2, 0.25) is 0 Å². The second-order valence-electron chi connectivity index (χ2n) is 6.07. The standard InChI is InChI=1S/C19H30NO2/c1-5-12-20(13-6-2,14-15-22-19(21)17(3)4)16-18-10-8-7-9-11-18/h7-11H,3,5-6,12-16H2,1-2,4H3/q+1. The van der Waals surface area contributed by atoms with Gasteiger partial charge in [-0.2, -0.15) is 0 Å². The molecular formula is C19H30NO2+. The SMILES string of the molecule is C=C(C)C(=O)OCC[N+](CCC)(CCC)Cc1ccccc1. The molecule has 0 saturated carbocycles. The van der Waals surface area contributed by atoms with Crippen LogP contribution in [0.2, 0.25) is 0 Å². The summed E-state index contributed by atoms with van der Waals surface area (Å²) in [5.74, 6) is -0.286. The molecule has 122 valence electrons. The number of rotatable bonds is 10. The number of hydrogen-bond donors (Lipinski definition) is 0. The Morgan fingerprint density at radius 3 is 2.18 bits per heavy atom. The summed E-state index contributed by atoms with van der Waals surface area (Å²) in [4.78, 5) is 11.6. The molecule has 3 heteroatoms. The summed E-state index contributed by atoms with van der Waals surface area (Å²) >= 11 is 0. The summed E-state index contributed by atoms with van der Waals surface area (Å²) in [6, 6.07) is 10.6. The Labute approximate surface area is 135 Å². The van der Waals surface area contributed by atoms with Gasteiger partial charge in [-0.1, -0.05) is 50.8 Å². The van der Waals surface area contributed by atoms with Crippen LogP contribution in [0, 0.1) is 0 Å². The Balaban J connectivity index is 2.76. The maximum Gasteiger partial charge on any atom is 0.333 e. The molecule has 0 saturated heterocycles. The minimum atomic E-state index is -0.286. The highest BCUT2D eigenvalue weighted by Gasteiger charge is 2.26. The van der Waals surface area contributed by atoms with Gasteiger partial charge in [0.25, 0.3) is 0 Å². The second kappa shape index (κ2) is 9.42. The van der Waals surface area contributed by atoms with E-state index >= 15 is 0 Å². The highest BCUT2D eigenvalue weighted by atomic mass is 16.5. The average molecular weight is 304 g/mol. The first-order valence-corrected chi connectivity index (χ1v) is 8.24. The van der Waals surface area contributed by atoms with Crippen molar-refractivity contribution in [1.82, 2.24) is 0 Å². The van der Waals surface area contributed by atoms with Crippen LogP contribution < -0.4 is 0 Å². The quantitative estimate of drug-likeness (QED) is 0.372. The molecule has 1 rings (SSSR count). The van der Waals surface area contributed by atoms with Crippen molar-refractivity contribution in [2.75, 3.05) is 26.2 Å². The molecule has 0 fully saturated rings. The second-order valence-corrected chi connectivity index (χ2v) is 6.07. The Hall–Kier alpha value is -1.61. The summed E-state index contributed by atoms with van der Waals surface area (Å²) in [6.45, 7) is 14.3. The van der Waals surface area contributed by atoms with E-state index < -0.39 is 0 Å². The van der Waals surface area contributed by atoms with Gasteiger partial charge in [-0.05, 0) is 19.8 Å². The van der Waals surface area contributed by atoms with Gasteiger partial charge in [0.1, 0.15) is 19.7 Å². The molecule has 3 nitrogen and oxygen atoms in total. The van der Waals surface area contributed by atoms with Gasteiger partial charge in [-0.3, -0.25) is 0 Å². The van der Waals surface area contributed by atoms with Gasteiger partial charge in [0.15, 0.2) is 0 Å². The van der Waals surface area contributed by atoms with Gasteiger partial charge in [0, 0.05) is 11.1 Å². The predicted octanol–water partition coefficient (Wildman–Crippen LogP) is 3.94. The number of esters is 1. The molecular weight excluding hydrogens is 274 g/mol. The van der Waals surface area contributed by atoms with Crippen LogP contribution in [0.15, 0.2) is 42.5 Å². The van der Waals surface area contributed by atoms with Crippen LogP contribution in [0.5, 0.6) is 0 Å². The molecule has 1 aromatic carbocycles. The summed E-state index contributed by atoms with van der Waals surface area (Å²) in [6.07, 6.45) is 2.25. The third-order valence-corrected chi connectivity index (χ3v) is 3.90. The molecule has 0 atom stereocenters. The third-order valence-electron chi connectivity index (χ3n) is 3.90. The maximum atomic E-state index is 11.6. The van der Waals surface area contributed by atoms with Gasteiger partial charge < -0.3 is 9.22 Å². The summed E-state index contributed by atoms with van der Waals surface area (Å²) < 4.78 is 6.31. The smallest absolute Gasteiger partial charge is 0.333 e. The summed E-state index contributed by atoms with van der Waals surface area (Å²) in [5.41, 5.74) is 1.81. The van der Waals surface area contributed by atoms with E-state index in [2.05, 4.69) is 44.7 Å². The molecule has 1 aromatic rings. The summed E-state index contributed by atoms with van der Waals surface area (Å²) in [5, 5.41) is 0. The van der Waals surface area contributed by atoms with Gasteiger partial charge in [0.05, 0.1) is 13.1 Å². The van der Waals surface area contributed by atoms with E-state index in [1.165, 1.54) is 5.56 Å². The van der Waals surface area contributed by atoms with Crippen LogP contribution in [-0.4, -0.2) is 36.7 Å². The number of quaternary nitrogens is 1. The first kappa shape index (κ1) is 18.4. The lowest BCUT2D eigenvalue weighted by Crippen LogP contribution is -2.50. The largest absolute Gasteiger partial charge is 0.456 e. The fourth-order valence-corrected chi connectivity index (χ4v) is 2.95. The van der Waals surface area contributed by atoms with Crippen LogP contribution in [0.1, 0.15) is 39.2 Å². The molecule has 0 aliphatic carbocycles. The number of benzene rings is 1. The van der Waals surface area contributed by atoms with Gasteiger partial charge in [-0.15, -0.1) is 0 Å². The minimum absolute atomic E-state index is 0.286. The van der Waals surface area contributed by atoms with Crippen molar-refractivity contribution >= 4 is 5.97 Å². The lowest BCUT2D eigenvalue weighted by molar-refractivity contribution is -0.941. The van der Waals surface area contributed by atoms with Crippen LogP contribution in [0.25, 0.3) is 0 Å². The fourth-order valence-electron chi connectivity index (χ4n) is 2.95. The lowest BCUT2D eigenvalue weighted by Gasteiger charge is -2.38. The molecule has 0 aromatic heterocycles. The van der Waals surface area contributed by atoms with Crippen LogP contribution in [0.4, 0.5) is 0 Å². The van der Waals surface area contributed by atoms with Crippen LogP contribution in [-0.2, 0) is 16.1 Å². The van der Waals surface area contributed by atoms with E-state index in [9.17, 15) is 4.79 Å². The van der Waals surface area contributed by atoms with E-state index in [1.54, 1.807) is 6.92 Å². The van der Waals surface area contributed by atoms with E-state index in [4.69, 9.17) is 4.74 Å². The Morgan fingerprint density at radius 1 is 1.09 bits per heavy atom. The molecule has 22 heavy (non-hydrogen) atoms. The van der Waals surface area contributed by atoms with E-state index in [1.807, 2.05) is 6.07 Å². The number of carbonyl (C=O) groups is 1. The molecule has 0 unspecified atom stereocenters. The molecule has 0 radical (unpaired) electrons. The fraction of sp³-hybridized carbons (Fsp3) is 0.526. The third kappa shape index (κ3) is 6.02. The Morgan fingerprint density at radius 2 is 1.68 bits per heavy atom. The topological polar surface area (TPSA) is 26.3 Å². The monoisotopic (exact) mass is 304 g/mol. The maximum absolute atomic E-state index is 11.6. The molecule has 0 bridgehead atoms. The van der Waals surface area contributed by atoms with E-state index in [0.29, 0.717) is 12.2 Å². The van der Waals surface area contributed by atoms with Crippen molar-refractivity contribution in [3.63, 3.8) is 0 Å². The van der Waals surface area contributed by atoms with Crippen molar-refractivity contribution in [3.8, 4) is 0 Å². The van der Waals surface area contributed by atoms with Crippen molar-refractivity contribution in [1.29, 1.82) is 0 Å². The predicted molar refractivity (Wildman–Crippen MR) is 91.4 cm³/mol. The molecule has 0 spiro atoms. The average Bonchev–Trinajstić information content (AvgIpc) is 2.48. The van der Waals surface area contributed by atoms with Gasteiger partial charge in [-0.25, -0.2) is 4.79 Å². The minimum Gasteiger partial charge on any atom is -0.456 e. The van der Waals surface area contributed by atoms with Crippen molar-refractivity contribution in [2.24, 2.45) is 0 Å². The highest BCUT2D eigenvalue weighted by Crippen LogP contribution is 2.17. The molecule has 0 N–H and O–H groups in total. The summed E-state index contributed by atoms with van der Waals surface area (Å²) in [7, 11) is 0. The molecule has 0 amide bonds. The number of nitrogens with zero attached hydrogens (tertiary/aromatic N) is 1. The zero-order valence-corrected chi connectivity index (χ0v) is 14.3. The van der Waals surface area contributed by atoms with Crippen LogP contribution >= 0.6 is 0 Å². The van der Waals surface area contributed by atoms with Crippen molar-refractivity contribution < 1.29 is 14.0 Å². The van der Waals surface area contributed by atoms with E-state index in [-0.39, 0.29) is 5.97 Å². The molecule has 0 aliphatic rings. The van der Waals surface area contributed by atoms with Crippen molar-refractivity contribution in [3.05, 3.63) is 48.0 Å². The Bertz CT molecular complexity index is 462. The number of carbonyl (C=O) groups excluding carboxylic acids is 1. The number of ether oxygens (including phenoxy) is 1. The first-order chi connectivity index (χ1) is 10.5. The van der Waals surface area contributed by atoms with Crippen molar-refractivity contribution in [2.45, 2.75) is 40.2 Å². The van der Waals surface area contributed by atoms with E-state index in [0.717, 1.165) is 43.5 Å². The van der Waals surface area contributed by atoms with Crippen LogP contribution in [0.3, 0.4) is 0 Å². The zero-order chi connectivity index (χ0) is 16.4. The number of hydrogen-bond acceptors (Lipinski definition) is 2. The lowest BCUT2D eigenvalue weighted by atomic mass is 10.1. The zero-order valence-electron chi connectivity index (χ0n) is 14.3. The first-order valence-electron chi connectivity index (χ1n) is 8.24. The normalized spacial score (nSPS) is 11.2. The Kier molecular flexibility index (Phi) is 7.89.